The second-order valence-electron chi connectivity index (χ2n) is 5.84. The number of aromatic amines is 1. The van der Waals surface area contributed by atoms with Gasteiger partial charge in [0.1, 0.15) is 11.3 Å². The molecule has 3 aromatic rings. The van der Waals surface area contributed by atoms with Gasteiger partial charge in [0.15, 0.2) is 5.82 Å². The predicted octanol–water partition coefficient (Wildman–Crippen LogP) is 2.74. The fourth-order valence-electron chi connectivity index (χ4n) is 3.20. The molecule has 5 nitrogen and oxygen atoms in total. The summed E-state index contributed by atoms with van der Waals surface area (Å²) >= 11 is 0. The van der Waals surface area contributed by atoms with Crippen LogP contribution >= 0.6 is 0 Å². The molecule has 1 aromatic carbocycles. The molecule has 2 aromatic heterocycles. The van der Waals surface area contributed by atoms with Gasteiger partial charge in [0.25, 0.3) is 0 Å². The Labute approximate surface area is 127 Å². The summed E-state index contributed by atoms with van der Waals surface area (Å²) in [5.41, 5.74) is 1.20. The largest absolute Gasteiger partial charge is 0.341 e. The van der Waals surface area contributed by atoms with Crippen molar-refractivity contribution >= 4 is 11.0 Å². The molecule has 1 aliphatic rings. The maximum absolute atomic E-state index is 13.7. The summed E-state index contributed by atoms with van der Waals surface area (Å²) in [6, 6.07) is 5.55. The number of halogens is 1. The molecule has 0 unspecified atom stereocenters. The van der Waals surface area contributed by atoms with Crippen molar-refractivity contribution < 1.29 is 4.39 Å². The van der Waals surface area contributed by atoms with Gasteiger partial charge in [-0.25, -0.2) is 14.4 Å². The van der Waals surface area contributed by atoms with Crippen LogP contribution in [0.2, 0.25) is 0 Å². The summed E-state index contributed by atoms with van der Waals surface area (Å²) in [5.74, 6) is 0.569. The van der Waals surface area contributed by atoms with Crippen LogP contribution < -0.4 is 0 Å². The van der Waals surface area contributed by atoms with E-state index >= 15 is 0 Å². The van der Waals surface area contributed by atoms with Crippen molar-refractivity contribution in [3.8, 4) is 0 Å². The minimum absolute atomic E-state index is 0.265. The average Bonchev–Trinajstić information content (AvgIpc) is 3.18. The van der Waals surface area contributed by atoms with Crippen molar-refractivity contribution in [3.63, 3.8) is 0 Å². The summed E-state index contributed by atoms with van der Waals surface area (Å²) in [4.78, 5) is 14.1. The van der Waals surface area contributed by atoms with E-state index in [0.29, 0.717) is 11.6 Å². The molecule has 3 heterocycles. The first-order chi connectivity index (χ1) is 10.8. The van der Waals surface area contributed by atoms with Crippen LogP contribution in [0, 0.1) is 5.82 Å². The highest BCUT2D eigenvalue weighted by atomic mass is 19.1. The molecule has 1 N–H and O–H groups in total. The van der Waals surface area contributed by atoms with Crippen LogP contribution in [0.25, 0.3) is 11.0 Å². The van der Waals surface area contributed by atoms with Gasteiger partial charge in [0.2, 0.25) is 0 Å². The Morgan fingerprint density at radius 1 is 1.27 bits per heavy atom. The highest BCUT2D eigenvalue weighted by Gasteiger charge is 2.21. The van der Waals surface area contributed by atoms with Crippen LogP contribution in [0.4, 0.5) is 4.39 Å². The Morgan fingerprint density at radius 2 is 2.14 bits per heavy atom. The third kappa shape index (κ3) is 2.50. The molecular weight excluding hydrogens is 281 g/mol. The van der Waals surface area contributed by atoms with E-state index in [2.05, 4.69) is 24.4 Å². The van der Waals surface area contributed by atoms with E-state index in [9.17, 15) is 4.39 Å². The lowest BCUT2D eigenvalue weighted by atomic mass is 10.1. The summed E-state index contributed by atoms with van der Waals surface area (Å²) in [5, 5.41) is 0. The highest BCUT2D eigenvalue weighted by molar-refractivity contribution is 5.75. The number of rotatable bonds is 3. The molecule has 1 fully saturated rings. The van der Waals surface area contributed by atoms with Crippen LogP contribution in [0.3, 0.4) is 0 Å². The second-order valence-corrected chi connectivity index (χ2v) is 5.84. The molecular formula is C16H18FN5. The van der Waals surface area contributed by atoms with Gasteiger partial charge in [-0.2, -0.15) is 0 Å². The smallest absolute Gasteiger partial charge is 0.151 e. The topological polar surface area (TPSA) is 49.7 Å². The Hall–Kier alpha value is -2.21. The van der Waals surface area contributed by atoms with E-state index in [1.54, 1.807) is 6.07 Å². The van der Waals surface area contributed by atoms with Crippen molar-refractivity contribution in [2.24, 2.45) is 0 Å². The Kier molecular flexibility index (Phi) is 3.38. The van der Waals surface area contributed by atoms with Gasteiger partial charge in [-0.1, -0.05) is 6.07 Å². The number of benzene rings is 1. The zero-order valence-corrected chi connectivity index (χ0v) is 12.2. The molecule has 114 valence electrons. The number of aromatic nitrogens is 4. The number of H-pyrrole nitrogens is 1. The molecule has 0 atom stereocenters. The van der Waals surface area contributed by atoms with Crippen molar-refractivity contribution in [1.82, 2.24) is 24.4 Å². The number of imidazole rings is 2. The average molecular weight is 299 g/mol. The van der Waals surface area contributed by atoms with Crippen molar-refractivity contribution in [1.29, 1.82) is 0 Å². The van der Waals surface area contributed by atoms with Gasteiger partial charge in [0.05, 0.1) is 18.4 Å². The minimum atomic E-state index is -0.265. The van der Waals surface area contributed by atoms with E-state index in [0.717, 1.165) is 43.8 Å². The second kappa shape index (κ2) is 5.53. The molecule has 1 aliphatic heterocycles. The third-order valence-electron chi connectivity index (χ3n) is 4.39. The molecule has 0 radical (unpaired) electrons. The van der Waals surface area contributed by atoms with E-state index < -0.39 is 0 Å². The summed E-state index contributed by atoms with van der Waals surface area (Å²) in [7, 11) is 0. The van der Waals surface area contributed by atoms with E-state index in [4.69, 9.17) is 0 Å². The predicted molar refractivity (Wildman–Crippen MR) is 81.8 cm³/mol. The molecule has 1 saturated heterocycles. The molecule has 22 heavy (non-hydrogen) atoms. The van der Waals surface area contributed by atoms with Gasteiger partial charge < -0.3 is 9.55 Å². The first-order valence-electron chi connectivity index (χ1n) is 7.62. The van der Waals surface area contributed by atoms with E-state index in [1.807, 2.05) is 24.8 Å². The van der Waals surface area contributed by atoms with Gasteiger partial charge in [-0.05, 0) is 25.0 Å². The monoisotopic (exact) mass is 299 g/mol. The van der Waals surface area contributed by atoms with E-state index in [-0.39, 0.29) is 5.82 Å². The van der Waals surface area contributed by atoms with Crippen LogP contribution in [0.15, 0.2) is 36.9 Å². The van der Waals surface area contributed by atoms with Gasteiger partial charge in [-0.3, -0.25) is 4.90 Å². The number of hydrogen-bond donors (Lipinski definition) is 1. The quantitative estimate of drug-likeness (QED) is 0.809. The van der Waals surface area contributed by atoms with Gasteiger partial charge in [-0.15, -0.1) is 0 Å². The fraction of sp³-hybridized carbons (Fsp3) is 0.375. The molecule has 0 bridgehead atoms. The number of nitrogens with one attached hydrogen (secondary N) is 1. The Bertz CT molecular complexity index is 756. The number of fused-ring (bicyclic) bond motifs is 1. The van der Waals surface area contributed by atoms with Crippen molar-refractivity contribution in [2.45, 2.75) is 25.4 Å². The number of nitrogens with zero attached hydrogens (tertiary/aromatic N) is 4. The molecule has 0 aliphatic carbocycles. The maximum Gasteiger partial charge on any atom is 0.151 e. The number of piperidine rings is 1. The fourth-order valence-corrected chi connectivity index (χ4v) is 3.20. The Morgan fingerprint density at radius 3 is 2.86 bits per heavy atom. The summed E-state index contributed by atoms with van der Waals surface area (Å²) < 4.78 is 15.9. The van der Waals surface area contributed by atoms with Gasteiger partial charge >= 0.3 is 0 Å². The highest BCUT2D eigenvalue weighted by Crippen LogP contribution is 2.23. The molecule has 0 saturated carbocycles. The van der Waals surface area contributed by atoms with Gasteiger partial charge in [0, 0.05) is 31.5 Å². The zero-order valence-electron chi connectivity index (χ0n) is 12.2. The maximum atomic E-state index is 13.7. The van der Waals surface area contributed by atoms with Crippen molar-refractivity contribution in [2.75, 3.05) is 13.1 Å². The van der Waals surface area contributed by atoms with Crippen LogP contribution in [0.1, 0.15) is 24.7 Å². The van der Waals surface area contributed by atoms with Crippen LogP contribution in [0.5, 0.6) is 0 Å². The SMILES string of the molecule is Fc1cccc2[nH]c(CN3CCC(n4ccnc4)CC3)nc12. The zero-order chi connectivity index (χ0) is 14.9. The first kappa shape index (κ1) is 13.5. The molecule has 0 amide bonds. The third-order valence-corrected chi connectivity index (χ3v) is 4.39. The number of para-hydroxylation sites is 1. The lowest BCUT2D eigenvalue weighted by Crippen LogP contribution is -2.34. The number of likely N-dealkylation sites (tertiary alicyclic amines) is 1. The summed E-state index contributed by atoms with van der Waals surface area (Å²) in [6.45, 7) is 2.77. The molecule has 4 rings (SSSR count). The Balaban J connectivity index is 1.42. The standard InChI is InChI=1S/C16H18FN5/c17-13-2-1-3-14-16(13)20-15(19-14)10-21-7-4-12(5-8-21)22-9-6-18-11-22/h1-3,6,9,11-12H,4-5,7-8,10H2,(H,19,20). The van der Waals surface area contributed by atoms with Crippen molar-refractivity contribution in [3.05, 3.63) is 48.6 Å². The lowest BCUT2D eigenvalue weighted by molar-refractivity contribution is 0.176. The molecule has 6 heteroatoms. The van der Waals surface area contributed by atoms with Crippen LogP contribution in [-0.2, 0) is 6.54 Å². The minimum Gasteiger partial charge on any atom is -0.341 e. The van der Waals surface area contributed by atoms with Crippen LogP contribution in [-0.4, -0.2) is 37.5 Å². The summed E-state index contributed by atoms with van der Waals surface area (Å²) in [6.07, 6.45) is 7.95. The normalized spacial score (nSPS) is 17.3. The lowest BCUT2D eigenvalue weighted by Gasteiger charge is -2.31. The number of hydrogen-bond acceptors (Lipinski definition) is 3. The molecule has 0 spiro atoms. The van der Waals surface area contributed by atoms with E-state index in [1.165, 1.54) is 6.07 Å². The first-order valence-corrected chi connectivity index (χ1v) is 7.62.